The number of hydrogen-bond donors (Lipinski definition) is 1. The van der Waals surface area contributed by atoms with Crippen molar-refractivity contribution in [1.82, 2.24) is 4.72 Å². The first-order chi connectivity index (χ1) is 12.0. The van der Waals surface area contributed by atoms with Crippen LogP contribution in [-0.4, -0.2) is 22.1 Å². The molecule has 2 rings (SSSR count). The summed E-state index contributed by atoms with van der Waals surface area (Å²) >= 11 is 0. The van der Waals surface area contributed by atoms with Crippen LogP contribution in [-0.2, 0) is 20.9 Å². The van der Waals surface area contributed by atoms with E-state index in [4.69, 9.17) is 4.74 Å². The van der Waals surface area contributed by atoms with Crippen LogP contribution < -0.4 is 9.46 Å². The summed E-state index contributed by atoms with van der Waals surface area (Å²) in [5.74, 6) is 0.782. The van der Waals surface area contributed by atoms with Gasteiger partial charge in [0.1, 0.15) is 5.75 Å². The molecule has 0 unspecified atom stereocenters. The molecule has 4 nitrogen and oxygen atoms in total. The Morgan fingerprint density at radius 2 is 1.35 bits per heavy atom. The van der Waals surface area contributed by atoms with E-state index in [1.165, 1.54) is 0 Å². The number of sulfonamides is 1. The average Bonchev–Trinajstić information content (AvgIpc) is 2.60. The minimum atomic E-state index is -3.55. The van der Waals surface area contributed by atoms with Gasteiger partial charge < -0.3 is 4.74 Å². The van der Waals surface area contributed by atoms with Crippen LogP contribution in [0.5, 0.6) is 5.75 Å². The summed E-state index contributed by atoms with van der Waals surface area (Å²) in [6.45, 7) is 10.6. The summed E-state index contributed by atoms with van der Waals surface area (Å²) in [4.78, 5) is 0.288. The zero-order chi connectivity index (χ0) is 19.6. The largest absolute Gasteiger partial charge is 0.497 e. The SMILES string of the molecule is COc1ccc(C(C)(C)CNS(=O)(=O)c2ccc(C(C)(C)C)cc2)cc1. The first-order valence-electron chi connectivity index (χ1n) is 8.70. The first-order valence-corrected chi connectivity index (χ1v) is 10.2. The van der Waals surface area contributed by atoms with Crippen LogP contribution in [0.2, 0.25) is 0 Å². The summed E-state index contributed by atoms with van der Waals surface area (Å²) in [5.41, 5.74) is 1.80. The molecule has 0 bridgehead atoms. The van der Waals surface area contributed by atoms with Crippen LogP contribution in [0, 0.1) is 0 Å². The Balaban J connectivity index is 2.13. The van der Waals surface area contributed by atoms with Gasteiger partial charge in [-0.15, -0.1) is 0 Å². The van der Waals surface area contributed by atoms with Crippen LogP contribution in [0.1, 0.15) is 45.7 Å². The number of ether oxygens (including phenoxy) is 1. The van der Waals surface area contributed by atoms with Gasteiger partial charge >= 0.3 is 0 Å². The minimum Gasteiger partial charge on any atom is -0.497 e. The molecule has 0 atom stereocenters. The molecule has 2 aromatic rings. The molecule has 0 spiro atoms. The summed E-state index contributed by atoms with van der Waals surface area (Å²) < 4.78 is 33.2. The Bertz CT molecular complexity index is 830. The molecule has 0 heterocycles. The molecule has 0 amide bonds. The van der Waals surface area contributed by atoms with Crippen molar-refractivity contribution in [1.29, 1.82) is 0 Å². The number of hydrogen-bond acceptors (Lipinski definition) is 3. The lowest BCUT2D eigenvalue weighted by Crippen LogP contribution is -2.36. The van der Waals surface area contributed by atoms with E-state index in [1.807, 2.05) is 50.2 Å². The number of rotatable bonds is 6. The third-order valence-electron chi connectivity index (χ3n) is 4.61. The fourth-order valence-corrected chi connectivity index (χ4v) is 3.85. The van der Waals surface area contributed by atoms with Crippen LogP contribution in [0.15, 0.2) is 53.4 Å². The van der Waals surface area contributed by atoms with Crippen molar-refractivity contribution in [2.24, 2.45) is 0 Å². The monoisotopic (exact) mass is 375 g/mol. The molecule has 0 aliphatic heterocycles. The molecule has 0 fully saturated rings. The van der Waals surface area contributed by atoms with Crippen molar-refractivity contribution in [3.05, 3.63) is 59.7 Å². The highest BCUT2D eigenvalue weighted by Gasteiger charge is 2.24. The summed E-state index contributed by atoms with van der Waals surface area (Å²) in [6, 6.07) is 14.8. The van der Waals surface area contributed by atoms with Crippen molar-refractivity contribution in [2.45, 2.75) is 50.3 Å². The number of methoxy groups -OCH3 is 1. The third-order valence-corrected chi connectivity index (χ3v) is 6.02. The molecule has 5 heteroatoms. The van der Waals surface area contributed by atoms with Gasteiger partial charge in [0.05, 0.1) is 12.0 Å². The van der Waals surface area contributed by atoms with Gasteiger partial charge in [0, 0.05) is 12.0 Å². The molecule has 26 heavy (non-hydrogen) atoms. The summed E-state index contributed by atoms with van der Waals surface area (Å²) in [6.07, 6.45) is 0. The van der Waals surface area contributed by atoms with Gasteiger partial charge in [0.25, 0.3) is 0 Å². The third kappa shape index (κ3) is 4.86. The van der Waals surface area contributed by atoms with E-state index in [-0.39, 0.29) is 15.7 Å². The predicted octanol–water partition coefficient (Wildman–Crippen LogP) is 4.25. The highest BCUT2D eigenvalue weighted by atomic mass is 32.2. The Labute approximate surface area is 157 Å². The zero-order valence-corrected chi connectivity index (χ0v) is 17.3. The topological polar surface area (TPSA) is 55.4 Å². The van der Waals surface area contributed by atoms with Crippen molar-refractivity contribution < 1.29 is 13.2 Å². The Hall–Kier alpha value is -1.85. The van der Waals surface area contributed by atoms with Crippen molar-refractivity contribution in [3.63, 3.8) is 0 Å². The predicted molar refractivity (Wildman–Crippen MR) is 106 cm³/mol. The molecule has 0 aliphatic rings. The van der Waals surface area contributed by atoms with Gasteiger partial charge in [-0.1, -0.05) is 58.9 Å². The van der Waals surface area contributed by atoms with Gasteiger partial charge in [-0.3, -0.25) is 0 Å². The highest BCUT2D eigenvalue weighted by molar-refractivity contribution is 7.89. The normalized spacial score (nSPS) is 12.8. The maximum Gasteiger partial charge on any atom is 0.240 e. The summed E-state index contributed by atoms with van der Waals surface area (Å²) in [7, 11) is -1.93. The van der Waals surface area contributed by atoms with E-state index < -0.39 is 10.0 Å². The van der Waals surface area contributed by atoms with E-state index in [0.29, 0.717) is 6.54 Å². The maximum atomic E-state index is 12.6. The number of benzene rings is 2. The highest BCUT2D eigenvalue weighted by Crippen LogP contribution is 2.26. The van der Waals surface area contributed by atoms with Gasteiger partial charge in [-0.2, -0.15) is 0 Å². The fourth-order valence-electron chi connectivity index (χ4n) is 2.64. The molecule has 0 saturated carbocycles. The van der Waals surface area contributed by atoms with Crippen LogP contribution in [0.25, 0.3) is 0 Å². The molecule has 0 radical (unpaired) electrons. The zero-order valence-electron chi connectivity index (χ0n) is 16.5. The number of nitrogens with one attached hydrogen (secondary N) is 1. The van der Waals surface area contributed by atoms with Gasteiger partial charge in [-0.25, -0.2) is 13.1 Å². The van der Waals surface area contributed by atoms with E-state index in [2.05, 4.69) is 25.5 Å². The quantitative estimate of drug-likeness (QED) is 0.821. The second-order valence-corrected chi connectivity index (χ2v) is 9.98. The molecule has 2 aromatic carbocycles. The molecule has 142 valence electrons. The smallest absolute Gasteiger partial charge is 0.240 e. The lowest BCUT2D eigenvalue weighted by Gasteiger charge is -2.26. The van der Waals surface area contributed by atoms with Crippen LogP contribution in [0.3, 0.4) is 0 Å². The van der Waals surface area contributed by atoms with Gasteiger partial charge in [0.15, 0.2) is 0 Å². The van der Waals surface area contributed by atoms with E-state index in [0.717, 1.165) is 16.9 Å². The minimum absolute atomic E-state index is 0.00786. The second-order valence-electron chi connectivity index (χ2n) is 8.21. The Morgan fingerprint density at radius 1 is 0.846 bits per heavy atom. The molecule has 0 saturated heterocycles. The molecule has 0 aromatic heterocycles. The molecule has 1 N–H and O–H groups in total. The van der Waals surface area contributed by atoms with Crippen LogP contribution >= 0.6 is 0 Å². The standard InChI is InChI=1S/C21H29NO3S/c1-20(2,3)16-9-13-19(14-10-16)26(23,24)22-15-21(4,5)17-7-11-18(25-6)12-8-17/h7-14,22H,15H2,1-6H3. The fraction of sp³-hybridized carbons (Fsp3) is 0.429. The molecule has 0 aliphatic carbocycles. The lowest BCUT2D eigenvalue weighted by molar-refractivity contribution is 0.414. The summed E-state index contributed by atoms with van der Waals surface area (Å²) in [5, 5.41) is 0. The lowest BCUT2D eigenvalue weighted by atomic mass is 9.85. The average molecular weight is 376 g/mol. The van der Waals surface area contributed by atoms with Crippen molar-refractivity contribution >= 4 is 10.0 Å². The van der Waals surface area contributed by atoms with Gasteiger partial charge in [0.2, 0.25) is 10.0 Å². The van der Waals surface area contributed by atoms with Crippen molar-refractivity contribution in [2.75, 3.05) is 13.7 Å². The first kappa shape index (κ1) is 20.5. The Morgan fingerprint density at radius 3 is 1.81 bits per heavy atom. The molecular formula is C21H29NO3S. The van der Waals surface area contributed by atoms with Gasteiger partial charge in [-0.05, 0) is 40.8 Å². The maximum absolute atomic E-state index is 12.6. The van der Waals surface area contributed by atoms with E-state index in [9.17, 15) is 8.42 Å². The Kier molecular flexibility index (Phi) is 5.83. The van der Waals surface area contributed by atoms with Crippen molar-refractivity contribution in [3.8, 4) is 5.75 Å². The van der Waals surface area contributed by atoms with E-state index in [1.54, 1.807) is 19.2 Å². The second kappa shape index (κ2) is 7.41. The van der Waals surface area contributed by atoms with E-state index >= 15 is 0 Å². The van der Waals surface area contributed by atoms with Crippen LogP contribution in [0.4, 0.5) is 0 Å². The molecular weight excluding hydrogens is 346 g/mol.